The van der Waals surface area contributed by atoms with Crippen LogP contribution in [0.5, 0.6) is 0 Å². The van der Waals surface area contributed by atoms with Crippen molar-refractivity contribution in [2.75, 3.05) is 0 Å². The van der Waals surface area contributed by atoms with Crippen LogP contribution in [0.2, 0.25) is 10.0 Å². The quantitative estimate of drug-likeness (QED) is 0.137. The van der Waals surface area contributed by atoms with E-state index in [2.05, 4.69) is 16.3 Å². The van der Waals surface area contributed by atoms with Gasteiger partial charge in [0.1, 0.15) is 12.5 Å². The average Bonchev–Trinajstić information content (AvgIpc) is 4.08. The fraction of sp³-hybridized carbons (Fsp3) is 0.280. The van der Waals surface area contributed by atoms with Crippen molar-refractivity contribution in [3.8, 4) is 0 Å². The molecule has 354 valence electrons. The first kappa shape index (κ1) is 52.5. The normalized spacial score (nSPS) is 11.1. The van der Waals surface area contributed by atoms with Crippen molar-refractivity contribution in [1.82, 2.24) is 31.3 Å². The molecule has 0 aliphatic rings. The first-order chi connectivity index (χ1) is 31.3. The Hall–Kier alpha value is -7.10. The molecule has 0 bridgehead atoms. The van der Waals surface area contributed by atoms with E-state index in [1.807, 2.05) is 94.4 Å². The van der Waals surface area contributed by atoms with E-state index in [9.17, 15) is 28.8 Å². The van der Waals surface area contributed by atoms with Crippen LogP contribution in [0.15, 0.2) is 136 Å². The predicted molar refractivity (Wildman–Crippen MR) is 255 cm³/mol. The van der Waals surface area contributed by atoms with Gasteiger partial charge in [0.15, 0.2) is 0 Å². The Balaban J connectivity index is 0.000000219. The first-order valence-electron chi connectivity index (χ1n) is 20.9. The number of hydrazine groups is 3. The molecule has 6 amide bonds. The maximum Gasteiger partial charge on any atom is 0.307 e. The molecule has 3 N–H and O–H groups in total. The smallest absolute Gasteiger partial charge is 0.307 e. The molecule has 0 aliphatic carbocycles. The lowest BCUT2D eigenvalue weighted by Gasteiger charge is -2.35. The number of carbonyl (C=O) groups excluding carboxylic acids is 6. The molecule has 17 heteroatoms. The topological polar surface area (TPSA) is 188 Å². The van der Waals surface area contributed by atoms with Gasteiger partial charge in [-0.15, -0.1) is 0 Å². The Morgan fingerprint density at radius 3 is 1.40 bits per heavy atom. The third-order valence-corrected chi connectivity index (χ3v) is 9.93. The molecule has 3 heterocycles. The number of nitrogens with one attached hydrogen (secondary N) is 3. The van der Waals surface area contributed by atoms with Crippen LogP contribution in [0.1, 0.15) is 136 Å². The lowest BCUT2D eigenvalue weighted by molar-refractivity contribution is 0.0348. The van der Waals surface area contributed by atoms with Crippen molar-refractivity contribution in [2.24, 2.45) is 0 Å². The second kappa shape index (κ2) is 22.4. The van der Waals surface area contributed by atoms with Gasteiger partial charge in [0.05, 0.1) is 51.6 Å². The van der Waals surface area contributed by atoms with Crippen LogP contribution in [0.25, 0.3) is 0 Å². The highest BCUT2D eigenvalue weighted by Crippen LogP contribution is 2.22. The maximum absolute atomic E-state index is 12.8. The number of amides is 6. The Morgan fingerprint density at radius 1 is 0.493 bits per heavy atom. The summed E-state index contributed by atoms with van der Waals surface area (Å²) >= 11 is 11.7. The zero-order valence-corrected chi connectivity index (χ0v) is 40.8. The number of aryl methyl sites for hydroxylation is 2. The second-order valence-corrected chi connectivity index (χ2v) is 18.9. The van der Waals surface area contributed by atoms with Crippen molar-refractivity contribution in [2.45, 2.75) is 92.8 Å². The molecule has 67 heavy (non-hydrogen) atoms. The molecule has 0 saturated heterocycles. The maximum atomic E-state index is 12.8. The SMILES string of the molecule is CC(C)(C)N(NC(=O)c1ccoc1)C(=O)c1ccc(Cl)cc1.Cc1cccc(C(=O)N(NC(=O)c2occc2Cl)C(C)(C)C)c1.Cc1ccccc1C(=O)N(NC(=O)c1ccoc1)C(C)(C)C. The largest absolute Gasteiger partial charge is 0.472 e. The molecular weight excluding hydrogens is 899 g/mol. The zero-order chi connectivity index (χ0) is 49.9. The van der Waals surface area contributed by atoms with Gasteiger partial charge in [-0.25, -0.2) is 15.0 Å². The highest BCUT2D eigenvalue weighted by Gasteiger charge is 2.33. The number of halogens is 2. The number of furan rings is 3. The van der Waals surface area contributed by atoms with E-state index in [1.54, 1.807) is 60.7 Å². The number of hydrogen-bond donors (Lipinski definition) is 3. The first-order valence-corrected chi connectivity index (χ1v) is 21.7. The molecule has 3 aromatic carbocycles. The minimum Gasteiger partial charge on any atom is -0.472 e. The molecule has 0 saturated carbocycles. The summed E-state index contributed by atoms with van der Waals surface area (Å²) in [5.41, 5.74) is 10.1. The van der Waals surface area contributed by atoms with Crippen LogP contribution in [0.4, 0.5) is 0 Å². The third-order valence-electron chi connectivity index (χ3n) is 9.38. The molecule has 0 radical (unpaired) electrons. The Labute approximate surface area is 400 Å². The van der Waals surface area contributed by atoms with E-state index < -0.39 is 28.4 Å². The number of benzene rings is 3. The average molecular weight is 956 g/mol. The van der Waals surface area contributed by atoms with E-state index in [4.69, 9.17) is 36.5 Å². The van der Waals surface area contributed by atoms with Crippen molar-refractivity contribution < 1.29 is 42.0 Å². The van der Waals surface area contributed by atoms with Crippen LogP contribution in [-0.2, 0) is 0 Å². The van der Waals surface area contributed by atoms with Gasteiger partial charge < -0.3 is 13.3 Å². The van der Waals surface area contributed by atoms with E-state index in [0.717, 1.165) is 11.1 Å². The van der Waals surface area contributed by atoms with Gasteiger partial charge >= 0.3 is 5.91 Å². The Morgan fingerprint density at radius 2 is 0.970 bits per heavy atom. The number of carbonyl (C=O) groups is 6. The lowest BCUT2D eigenvalue weighted by Crippen LogP contribution is -2.56. The monoisotopic (exact) mass is 954 g/mol. The van der Waals surface area contributed by atoms with Crippen LogP contribution in [0, 0.1) is 13.8 Å². The van der Waals surface area contributed by atoms with E-state index >= 15 is 0 Å². The molecule has 15 nitrogen and oxygen atoms in total. The van der Waals surface area contributed by atoms with Crippen LogP contribution < -0.4 is 16.3 Å². The molecule has 0 unspecified atom stereocenters. The number of nitrogens with zero attached hydrogens (tertiary/aromatic N) is 3. The summed E-state index contributed by atoms with van der Waals surface area (Å²) in [6.45, 7) is 20.3. The van der Waals surface area contributed by atoms with Crippen LogP contribution in [-0.4, -0.2) is 67.1 Å². The number of hydrogen-bond acceptors (Lipinski definition) is 9. The second-order valence-electron chi connectivity index (χ2n) is 18.1. The fourth-order valence-electron chi connectivity index (χ4n) is 5.86. The van der Waals surface area contributed by atoms with Crippen LogP contribution >= 0.6 is 23.2 Å². The molecule has 0 aliphatic heterocycles. The lowest BCUT2D eigenvalue weighted by atomic mass is 10.0. The van der Waals surface area contributed by atoms with Crippen molar-refractivity contribution >= 4 is 58.6 Å². The minimum absolute atomic E-state index is 0.0297. The molecular formula is C50H56Cl2N6O9. The van der Waals surface area contributed by atoms with E-state index in [-0.39, 0.29) is 34.4 Å². The van der Waals surface area contributed by atoms with Crippen molar-refractivity contribution in [3.63, 3.8) is 0 Å². The summed E-state index contributed by atoms with van der Waals surface area (Å²) in [5, 5.41) is 4.67. The molecule has 0 fully saturated rings. The molecule has 0 atom stereocenters. The van der Waals surface area contributed by atoms with E-state index in [1.165, 1.54) is 58.5 Å². The van der Waals surface area contributed by atoms with E-state index in [0.29, 0.717) is 32.8 Å². The highest BCUT2D eigenvalue weighted by molar-refractivity contribution is 6.33. The third kappa shape index (κ3) is 14.7. The highest BCUT2D eigenvalue weighted by atomic mass is 35.5. The van der Waals surface area contributed by atoms with Gasteiger partial charge in [0.2, 0.25) is 5.76 Å². The zero-order valence-electron chi connectivity index (χ0n) is 39.3. The number of rotatable bonds is 6. The predicted octanol–water partition coefficient (Wildman–Crippen LogP) is 10.5. The van der Waals surface area contributed by atoms with Crippen molar-refractivity contribution in [1.29, 1.82) is 0 Å². The van der Waals surface area contributed by atoms with Crippen molar-refractivity contribution in [3.05, 3.63) is 177 Å². The molecule has 0 spiro atoms. The van der Waals surface area contributed by atoms with Gasteiger partial charge in [-0.05, 0) is 142 Å². The summed E-state index contributed by atoms with van der Waals surface area (Å²) in [4.78, 5) is 74.9. The van der Waals surface area contributed by atoms with Gasteiger partial charge in [0, 0.05) is 21.7 Å². The molecule has 6 aromatic rings. The summed E-state index contributed by atoms with van der Waals surface area (Å²) in [6.07, 6.45) is 6.80. The van der Waals surface area contributed by atoms with Gasteiger partial charge in [-0.2, -0.15) is 0 Å². The summed E-state index contributed by atoms with van der Waals surface area (Å²) in [6, 6.07) is 25.5. The van der Waals surface area contributed by atoms with Gasteiger partial charge in [-0.3, -0.25) is 45.0 Å². The van der Waals surface area contributed by atoms with Crippen LogP contribution in [0.3, 0.4) is 0 Å². The Bertz CT molecular complexity index is 2640. The minimum atomic E-state index is -0.629. The summed E-state index contributed by atoms with van der Waals surface area (Å²) in [7, 11) is 0. The molecule has 3 aromatic heterocycles. The summed E-state index contributed by atoms with van der Waals surface area (Å²) < 4.78 is 14.8. The van der Waals surface area contributed by atoms with Gasteiger partial charge in [-0.1, -0.05) is 59.1 Å². The molecule has 6 rings (SSSR count). The Kier molecular flexibility index (Phi) is 17.6. The van der Waals surface area contributed by atoms with Gasteiger partial charge in [0.25, 0.3) is 29.5 Å². The fourth-order valence-corrected chi connectivity index (χ4v) is 6.17. The standard InChI is InChI=1S/C17H19ClN2O3.C17H20N2O3.C16H17ClN2O3/c1-11-6-5-7-12(10-11)16(22)20(17(2,3)4)19-15(21)14-13(18)8-9-23-14;1-12-7-5-6-8-14(12)16(21)19(17(2,3)4)18-15(20)13-9-10-22-11-13;1-16(2,3)19(18-14(20)12-8-9-22-10-12)15(21)11-4-6-13(17)7-5-11/h5-10H,1-4H3,(H,19,21);5-11H,1-4H3,(H,18,20);4-10H,1-3H3,(H,18,20). The summed E-state index contributed by atoms with van der Waals surface area (Å²) in [5.74, 6) is -2.27.